The lowest BCUT2D eigenvalue weighted by atomic mass is 10.3. The highest BCUT2D eigenvalue weighted by atomic mass is 16.2. The van der Waals surface area contributed by atoms with Gasteiger partial charge in [0.2, 0.25) is 0 Å². The van der Waals surface area contributed by atoms with E-state index in [1.807, 2.05) is 0 Å². The van der Waals surface area contributed by atoms with Crippen molar-refractivity contribution in [3.63, 3.8) is 0 Å². The molecule has 90 valence electrons. The van der Waals surface area contributed by atoms with Gasteiger partial charge in [-0.05, 0) is 39.9 Å². The molecule has 2 amide bonds. The van der Waals surface area contributed by atoms with Crippen LogP contribution in [0.4, 0.5) is 4.79 Å². The molecule has 0 aliphatic rings. The second-order valence-electron chi connectivity index (χ2n) is 4.05. The van der Waals surface area contributed by atoms with Crippen LogP contribution in [0.25, 0.3) is 0 Å². The van der Waals surface area contributed by atoms with Crippen molar-refractivity contribution < 1.29 is 4.79 Å². The topological polar surface area (TPSA) is 44.4 Å². The van der Waals surface area contributed by atoms with Gasteiger partial charge in [0.05, 0.1) is 0 Å². The molecule has 0 saturated heterocycles. The normalized spacial score (nSPS) is 10.4. The van der Waals surface area contributed by atoms with Crippen LogP contribution in [0.1, 0.15) is 32.6 Å². The molecule has 0 aromatic carbocycles. The van der Waals surface area contributed by atoms with Gasteiger partial charge in [-0.1, -0.05) is 13.3 Å². The van der Waals surface area contributed by atoms with Crippen molar-refractivity contribution in [3.8, 4) is 0 Å². The number of nitrogens with one attached hydrogen (secondary N) is 2. The maximum Gasteiger partial charge on any atom is 0.314 e. The van der Waals surface area contributed by atoms with E-state index in [4.69, 9.17) is 0 Å². The lowest BCUT2D eigenvalue weighted by Crippen LogP contribution is -2.36. The zero-order valence-corrected chi connectivity index (χ0v) is 10.3. The molecule has 15 heavy (non-hydrogen) atoms. The Bertz CT molecular complexity index is 160. The molecule has 0 spiro atoms. The smallest absolute Gasteiger partial charge is 0.314 e. The summed E-state index contributed by atoms with van der Waals surface area (Å²) >= 11 is 0. The van der Waals surface area contributed by atoms with E-state index in [0.29, 0.717) is 0 Å². The summed E-state index contributed by atoms with van der Waals surface area (Å²) in [5, 5.41) is 5.67. The van der Waals surface area contributed by atoms with Crippen LogP contribution in [0, 0.1) is 0 Å². The van der Waals surface area contributed by atoms with Gasteiger partial charge in [0.25, 0.3) is 0 Å². The molecule has 0 aliphatic carbocycles. The average Bonchev–Trinajstić information content (AvgIpc) is 2.17. The van der Waals surface area contributed by atoms with E-state index in [9.17, 15) is 4.79 Å². The van der Waals surface area contributed by atoms with E-state index < -0.39 is 0 Å². The van der Waals surface area contributed by atoms with Gasteiger partial charge in [-0.2, -0.15) is 0 Å². The van der Waals surface area contributed by atoms with Crippen LogP contribution in [-0.4, -0.2) is 44.7 Å². The summed E-state index contributed by atoms with van der Waals surface area (Å²) in [6.07, 6.45) is 4.33. The summed E-state index contributed by atoms with van der Waals surface area (Å²) in [6, 6.07) is -0.0340. The SMILES string of the molecule is CCCCNC(=O)NCCCCN(C)C. The number of hydrogen-bond acceptors (Lipinski definition) is 2. The molecule has 4 nitrogen and oxygen atoms in total. The van der Waals surface area contributed by atoms with Crippen LogP contribution in [0.2, 0.25) is 0 Å². The predicted octanol–water partition coefficient (Wildman–Crippen LogP) is 1.43. The Labute approximate surface area is 93.4 Å². The quantitative estimate of drug-likeness (QED) is 0.602. The summed E-state index contributed by atoms with van der Waals surface area (Å²) < 4.78 is 0. The second kappa shape index (κ2) is 9.77. The molecule has 0 unspecified atom stereocenters. The first-order chi connectivity index (χ1) is 7.16. The Hall–Kier alpha value is -0.770. The Kier molecular flexibility index (Phi) is 9.27. The van der Waals surface area contributed by atoms with E-state index in [0.717, 1.165) is 45.3 Å². The number of carbonyl (C=O) groups excluding carboxylic acids is 1. The largest absolute Gasteiger partial charge is 0.338 e. The Morgan fingerprint density at radius 3 is 2.20 bits per heavy atom. The van der Waals surface area contributed by atoms with Gasteiger partial charge >= 0.3 is 6.03 Å². The predicted molar refractivity (Wildman–Crippen MR) is 64.1 cm³/mol. The summed E-state index contributed by atoms with van der Waals surface area (Å²) in [7, 11) is 4.12. The standard InChI is InChI=1S/C11H25N3O/c1-4-5-8-12-11(15)13-9-6-7-10-14(2)3/h4-10H2,1-3H3,(H2,12,13,15). The third-order valence-corrected chi connectivity index (χ3v) is 2.13. The Balaban J connectivity index is 3.17. The van der Waals surface area contributed by atoms with Gasteiger partial charge in [0.1, 0.15) is 0 Å². The van der Waals surface area contributed by atoms with Crippen LogP contribution in [-0.2, 0) is 0 Å². The van der Waals surface area contributed by atoms with E-state index in [-0.39, 0.29) is 6.03 Å². The molecule has 0 bridgehead atoms. The van der Waals surface area contributed by atoms with Gasteiger partial charge in [0.15, 0.2) is 0 Å². The van der Waals surface area contributed by atoms with E-state index >= 15 is 0 Å². The third kappa shape index (κ3) is 11.2. The number of amides is 2. The first-order valence-electron chi connectivity index (χ1n) is 5.83. The van der Waals surface area contributed by atoms with Gasteiger partial charge in [-0.15, -0.1) is 0 Å². The number of rotatable bonds is 8. The highest BCUT2D eigenvalue weighted by Crippen LogP contribution is 1.88. The van der Waals surface area contributed by atoms with Crippen molar-refractivity contribution in [2.24, 2.45) is 0 Å². The van der Waals surface area contributed by atoms with Crippen LogP contribution < -0.4 is 10.6 Å². The Morgan fingerprint density at radius 1 is 1.07 bits per heavy atom. The highest BCUT2D eigenvalue weighted by molar-refractivity contribution is 5.73. The van der Waals surface area contributed by atoms with Gasteiger partial charge in [-0.3, -0.25) is 0 Å². The fourth-order valence-corrected chi connectivity index (χ4v) is 1.20. The zero-order chi connectivity index (χ0) is 11.5. The van der Waals surface area contributed by atoms with E-state index in [2.05, 4.69) is 36.6 Å². The summed E-state index contributed by atoms with van der Waals surface area (Å²) in [4.78, 5) is 13.3. The number of urea groups is 1. The van der Waals surface area contributed by atoms with Crippen molar-refractivity contribution in [1.82, 2.24) is 15.5 Å². The molecule has 0 aromatic rings. The summed E-state index contributed by atoms with van der Waals surface area (Å²) in [6.45, 7) is 4.74. The third-order valence-electron chi connectivity index (χ3n) is 2.13. The maximum atomic E-state index is 11.2. The molecule has 0 radical (unpaired) electrons. The zero-order valence-electron chi connectivity index (χ0n) is 10.3. The number of nitrogens with zero attached hydrogens (tertiary/aromatic N) is 1. The first-order valence-corrected chi connectivity index (χ1v) is 5.83. The monoisotopic (exact) mass is 215 g/mol. The maximum absolute atomic E-state index is 11.2. The minimum atomic E-state index is -0.0340. The van der Waals surface area contributed by atoms with Crippen molar-refractivity contribution in [3.05, 3.63) is 0 Å². The van der Waals surface area contributed by atoms with Crippen LogP contribution in [0.5, 0.6) is 0 Å². The fourth-order valence-electron chi connectivity index (χ4n) is 1.20. The second-order valence-corrected chi connectivity index (χ2v) is 4.05. The van der Waals surface area contributed by atoms with Crippen molar-refractivity contribution in [1.29, 1.82) is 0 Å². The number of carbonyl (C=O) groups is 1. The number of hydrogen-bond donors (Lipinski definition) is 2. The lowest BCUT2D eigenvalue weighted by Gasteiger charge is -2.09. The average molecular weight is 215 g/mol. The van der Waals surface area contributed by atoms with Crippen molar-refractivity contribution in [2.75, 3.05) is 33.7 Å². The minimum Gasteiger partial charge on any atom is -0.338 e. The van der Waals surface area contributed by atoms with Gasteiger partial charge in [0, 0.05) is 13.1 Å². The van der Waals surface area contributed by atoms with Gasteiger partial charge in [-0.25, -0.2) is 4.79 Å². The fraction of sp³-hybridized carbons (Fsp3) is 0.909. The molecule has 0 aromatic heterocycles. The highest BCUT2D eigenvalue weighted by Gasteiger charge is 1.97. The van der Waals surface area contributed by atoms with Gasteiger partial charge < -0.3 is 15.5 Å². The van der Waals surface area contributed by atoms with E-state index in [1.54, 1.807) is 0 Å². The molecule has 0 rings (SSSR count). The summed E-state index contributed by atoms with van der Waals surface area (Å²) in [5.41, 5.74) is 0. The molecule has 0 fully saturated rings. The number of unbranched alkanes of at least 4 members (excludes halogenated alkanes) is 2. The van der Waals surface area contributed by atoms with Crippen LogP contribution in [0.3, 0.4) is 0 Å². The van der Waals surface area contributed by atoms with Crippen LogP contribution in [0.15, 0.2) is 0 Å². The first kappa shape index (κ1) is 14.2. The molecule has 0 saturated carbocycles. The summed E-state index contributed by atoms with van der Waals surface area (Å²) in [5.74, 6) is 0. The van der Waals surface area contributed by atoms with Crippen molar-refractivity contribution in [2.45, 2.75) is 32.6 Å². The lowest BCUT2D eigenvalue weighted by molar-refractivity contribution is 0.240. The molecule has 2 N–H and O–H groups in total. The molecule has 0 heterocycles. The molecule has 0 aliphatic heterocycles. The molecular formula is C11H25N3O. The molecule has 0 atom stereocenters. The van der Waals surface area contributed by atoms with E-state index in [1.165, 1.54) is 0 Å². The van der Waals surface area contributed by atoms with Crippen molar-refractivity contribution >= 4 is 6.03 Å². The Morgan fingerprint density at radius 2 is 1.67 bits per heavy atom. The van der Waals surface area contributed by atoms with Crippen LogP contribution >= 0.6 is 0 Å². The minimum absolute atomic E-state index is 0.0340. The molecular weight excluding hydrogens is 190 g/mol. The molecule has 4 heteroatoms.